The van der Waals surface area contributed by atoms with Gasteiger partial charge in [-0.3, -0.25) is 4.79 Å². The van der Waals surface area contributed by atoms with Crippen LogP contribution in [0.25, 0.3) is 33.0 Å². The maximum Gasteiger partial charge on any atom is 0.262 e. The first-order valence-corrected chi connectivity index (χ1v) is 9.57. The van der Waals surface area contributed by atoms with Gasteiger partial charge in [-0.1, -0.05) is 60.7 Å². The smallest absolute Gasteiger partial charge is 0.262 e. The standard InChI is InChI=1S/C25H20N2O2/c1-16-10-6-8-14-19(16)26-24-21(17-11-4-3-5-12-17)22-23(29-24)18-13-7-9-15-20(18)27(2)25(22)28/h3-15,26H,1-2H3. The van der Waals surface area contributed by atoms with E-state index < -0.39 is 0 Å². The maximum absolute atomic E-state index is 13.3. The number of furan rings is 1. The largest absolute Gasteiger partial charge is 0.439 e. The monoisotopic (exact) mass is 380 g/mol. The number of anilines is 2. The molecule has 3 aromatic carbocycles. The number of aromatic nitrogens is 1. The molecule has 0 radical (unpaired) electrons. The van der Waals surface area contributed by atoms with Crippen LogP contribution in [0.4, 0.5) is 11.6 Å². The molecule has 0 spiro atoms. The predicted molar refractivity (Wildman–Crippen MR) is 119 cm³/mol. The summed E-state index contributed by atoms with van der Waals surface area (Å²) in [4.78, 5) is 13.3. The number of fused-ring (bicyclic) bond motifs is 3. The molecule has 5 aromatic rings. The van der Waals surface area contributed by atoms with Gasteiger partial charge in [0, 0.05) is 18.1 Å². The minimum atomic E-state index is -0.0702. The molecule has 4 nitrogen and oxygen atoms in total. The molecule has 4 heteroatoms. The number of para-hydroxylation sites is 2. The zero-order valence-corrected chi connectivity index (χ0v) is 16.3. The molecule has 0 aliphatic carbocycles. The zero-order valence-electron chi connectivity index (χ0n) is 16.3. The van der Waals surface area contributed by atoms with E-state index in [0.717, 1.165) is 33.3 Å². The Morgan fingerprint density at radius 1 is 0.862 bits per heavy atom. The molecule has 1 N–H and O–H groups in total. The summed E-state index contributed by atoms with van der Waals surface area (Å²) in [6.45, 7) is 2.04. The molecule has 142 valence electrons. The summed E-state index contributed by atoms with van der Waals surface area (Å²) in [5, 5.41) is 4.93. The molecule has 5 rings (SSSR count). The maximum atomic E-state index is 13.3. The molecule has 0 amide bonds. The van der Waals surface area contributed by atoms with E-state index in [0.29, 0.717) is 16.9 Å². The fraction of sp³-hybridized carbons (Fsp3) is 0.0800. The van der Waals surface area contributed by atoms with Crippen LogP contribution in [0.5, 0.6) is 0 Å². The van der Waals surface area contributed by atoms with E-state index in [2.05, 4.69) is 5.32 Å². The zero-order chi connectivity index (χ0) is 20.0. The van der Waals surface area contributed by atoms with Gasteiger partial charge in [-0.2, -0.15) is 0 Å². The Morgan fingerprint density at radius 2 is 1.55 bits per heavy atom. The molecular formula is C25H20N2O2. The number of pyridine rings is 1. The second-order valence-corrected chi connectivity index (χ2v) is 7.20. The minimum Gasteiger partial charge on any atom is -0.439 e. The molecule has 0 aliphatic heterocycles. The van der Waals surface area contributed by atoms with E-state index in [1.807, 2.05) is 85.8 Å². The Labute approximate surface area is 168 Å². The predicted octanol–water partition coefficient (Wildman–Crippen LogP) is 6.00. The van der Waals surface area contributed by atoms with Gasteiger partial charge in [0.2, 0.25) is 5.88 Å². The lowest BCUT2D eigenvalue weighted by molar-refractivity contribution is 0.637. The van der Waals surface area contributed by atoms with E-state index in [1.165, 1.54) is 0 Å². The Bertz CT molecular complexity index is 1410. The van der Waals surface area contributed by atoms with Gasteiger partial charge in [-0.25, -0.2) is 0 Å². The molecule has 0 aliphatic rings. The second kappa shape index (κ2) is 6.67. The molecule has 0 saturated carbocycles. The lowest BCUT2D eigenvalue weighted by Crippen LogP contribution is -2.17. The van der Waals surface area contributed by atoms with Crippen LogP contribution in [0.3, 0.4) is 0 Å². The highest BCUT2D eigenvalue weighted by molar-refractivity contribution is 6.11. The van der Waals surface area contributed by atoms with Crippen LogP contribution in [0.15, 0.2) is 88.1 Å². The average Bonchev–Trinajstić information content (AvgIpc) is 3.14. The van der Waals surface area contributed by atoms with Gasteiger partial charge in [0.05, 0.1) is 16.5 Å². The van der Waals surface area contributed by atoms with Crippen molar-refractivity contribution in [2.24, 2.45) is 7.05 Å². The number of nitrogens with one attached hydrogen (secondary N) is 1. The molecule has 2 heterocycles. The van der Waals surface area contributed by atoms with Crippen molar-refractivity contribution in [1.82, 2.24) is 4.57 Å². The van der Waals surface area contributed by atoms with Crippen LogP contribution in [-0.4, -0.2) is 4.57 Å². The summed E-state index contributed by atoms with van der Waals surface area (Å²) in [5.74, 6) is 0.578. The molecule has 0 fully saturated rings. The minimum absolute atomic E-state index is 0.0702. The fourth-order valence-electron chi connectivity index (χ4n) is 3.86. The van der Waals surface area contributed by atoms with Gasteiger partial charge in [-0.05, 0) is 36.2 Å². The van der Waals surface area contributed by atoms with Crippen LogP contribution in [0.2, 0.25) is 0 Å². The molecule has 29 heavy (non-hydrogen) atoms. The topological polar surface area (TPSA) is 47.2 Å². The molecular weight excluding hydrogens is 360 g/mol. The summed E-state index contributed by atoms with van der Waals surface area (Å²) in [5.41, 5.74) is 5.16. The first kappa shape index (κ1) is 17.3. The fourth-order valence-corrected chi connectivity index (χ4v) is 3.86. The summed E-state index contributed by atoms with van der Waals surface area (Å²) in [6, 6.07) is 25.8. The van der Waals surface area contributed by atoms with E-state index in [4.69, 9.17) is 4.42 Å². The third-order valence-corrected chi connectivity index (χ3v) is 5.39. The molecule has 0 atom stereocenters. The second-order valence-electron chi connectivity index (χ2n) is 7.20. The lowest BCUT2D eigenvalue weighted by atomic mass is 10.0. The van der Waals surface area contributed by atoms with Crippen molar-refractivity contribution < 1.29 is 4.42 Å². The number of nitrogens with zero attached hydrogens (tertiary/aromatic N) is 1. The first-order chi connectivity index (χ1) is 14.1. The van der Waals surface area contributed by atoms with Gasteiger partial charge in [0.1, 0.15) is 0 Å². The van der Waals surface area contributed by atoms with Crippen molar-refractivity contribution in [2.45, 2.75) is 6.92 Å². The van der Waals surface area contributed by atoms with Crippen LogP contribution in [-0.2, 0) is 7.05 Å². The first-order valence-electron chi connectivity index (χ1n) is 9.57. The van der Waals surface area contributed by atoms with Gasteiger partial charge < -0.3 is 14.3 Å². The Morgan fingerprint density at radius 3 is 2.34 bits per heavy atom. The summed E-state index contributed by atoms with van der Waals surface area (Å²) >= 11 is 0. The normalized spacial score (nSPS) is 11.2. The van der Waals surface area contributed by atoms with E-state index >= 15 is 0 Å². The highest BCUT2D eigenvalue weighted by Crippen LogP contribution is 2.41. The Kier molecular flexibility index (Phi) is 3.98. The number of rotatable bonds is 3. The van der Waals surface area contributed by atoms with Crippen LogP contribution < -0.4 is 10.9 Å². The molecule has 0 unspecified atom stereocenters. The van der Waals surface area contributed by atoms with Crippen molar-refractivity contribution in [3.05, 3.63) is 94.8 Å². The Balaban J connectivity index is 1.90. The average molecular weight is 380 g/mol. The van der Waals surface area contributed by atoms with Crippen molar-refractivity contribution in [1.29, 1.82) is 0 Å². The van der Waals surface area contributed by atoms with E-state index in [9.17, 15) is 4.79 Å². The van der Waals surface area contributed by atoms with Crippen molar-refractivity contribution in [3.8, 4) is 11.1 Å². The highest BCUT2D eigenvalue weighted by Gasteiger charge is 2.22. The molecule has 0 bridgehead atoms. The van der Waals surface area contributed by atoms with Crippen LogP contribution >= 0.6 is 0 Å². The van der Waals surface area contributed by atoms with Gasteiger partial charge in [-0.15, -0.1) is 0 Å². The molecule has 0 saturated heterocycles. The van der Waals surface area contributed by atoms with Crippen LogP contribution in [0.1, 0.15) is 5.56 Å². The number of hydrogen-bond acceptors (Lipinski definition) is 3. The molecule has 2 aromatic heterocycles. The summed E-state index contributed by atoms with van der Waals surface area (Å²) < 4.78 is 8.03. The third kappa shape index (κ3) is 2.72. The lowest BCUT2D eigenvalue weighted by Gasteiger charge is -2.09. The van der Waals surface area contributed by atoms with Gasteiger partial charge in [0.15, 0.2) is 5.58 Å². The summed E-state index contributed by atoms with van der Waals surface area (Å²) in [6.07, 6.45) is 0. The van der Waals surface area contributed by atoms with Crippen LogP contribution in [0, 0.1) is 6.92 Å². The van der Waals surface area contributed by atoms with Gasteiger partial charge >= 0.3 is 0 Å². The van der Waals surface area contributed by atoms with Crippen molar-refractivity contribution in [3.63, 3.8) is 0 Å². The SMILES string of the molecule is Cc1ccccc1Nc1oc2c(c1-c1ccccc1)c(=O)n(C)c1ccccc21. The highest BCUT2D eigenvalue weighted by atomic mass is 16.4. The number of hydrogen-bond donors (Lipinski definition) is 1. The van der Waals surface area contributed by atoms with Gasteiger partial charge in [0.25, 0.3) is 5.56 Å². The number of benzene rings is 3. The summed E-state index contributed by atoms with van der Waals surface area (Å²) in [7, 11) is 1.81. The third-order valence-electron chi connectivity index (χ3n) is 5.39. The quantitative estimate of drug-likeness (QED) is 0.417. The van der Waals surface area contributed by atoms with Crippen molar-refractivity contribution in [2.75, 3.05) is 5.32 Å². The van der Waals surface area contributed by atoms with E-state index in [-0.39, 0.29) is 5.56 Å². The van der Waals surface area contributed by atoms with E-state index in [1.54, 1.807) is 11.6 Å². The Hall–Kier alpha value is -3.79. The van der Waals surface area contributed by atoms with Crippen molar-refractivity contribution >= 4 is 33.4 Å². The number of aryl methyl sites for hydroxylation is 2.